The molecule has 10 nitrogen and oxygen atoms in total. The molecule has 0 radical (unpaired) electrons. The standard InChI is InChI=1S/C28H32ClN9O/c1-6-37-10-9-18(14-37)38-27-21(13-31-38)24-19(11-16(2)12-20(24)28(39)36(27)5)17(3)32-22-7-8-23(29)33-25(22)26-30-15-35(4)34-26/h7-8,11-13,15,17-18,32H,6,9-10,14H2,1-5H3. The van der Waals surface area contributed by atoms with Gasteiger partial charge in [0.25, 0.3) is 5.56 Å². The van der Waals surface area contributed by atoms with Crippen molar-refractivity contribution in [3.8, 4) is 11.5 Å². The summed E-state index contributed by atoms with van der Waals surface area (Å²) in [6.07, 6.45) is 4.57. The Hall–Kier alpha value is -3.76. The van der Waals surface area contributed by atoms with E-state index in [-0.39, 0.29) is 17.6 Å². The fourth-order valence-electron chi connectivity index (χ4n) is 5.82. The maximum atomic E-state index is 13.7. The summed E-state index contributed by atoms with van der Waals surface area (Å²) in [4.78, 5) is 25.1. The minimum Gasteiger partial charge on any atom is -0.377 e. The molecule has 1 aliphatic rings. The number of anilines is 1. The largest absolute Gasteiger partial charge is 0.377 e. The Morgan fingerprint density at radius 3 is 2.74 bits per heavy atom. The first-order chi connectivity index (χ1) is 18.7. The van der Waals surface area contributed by atoms with E-state index in [2.05, 4.69) is 49.9 Å². The fourth-order valence-corrected chi connectivity index (χ4v) is 5.96. The smallest absolute Gasteiger partial charge is 0.259 e. The van der Waals surface area contributed by atoms with Crippen LogP contribution in [0.1, 0.15) is 43.5 Å². The first-order valence-electron chi connectivity index (χ1n) is 13.3. The van der Waals surface area contributed by atoms with E-state index < -0.39 is 0 Å². The Balaban J connectivity index is 1.50. The summed E-state index contributed by atoms with van der Waals surface area (Å²) < 4.78 is 5.45. The minimum atomic E-state index is -0.168. The Kier molecular flexibility index (Phi) is 6.39. The molecule has 0 saturated carbocycles. The molecule has 11 heteroatoms. The van der Waals surface area contributed by atoms with Gasteiger partial charge in [-0.3, -0.25) is 14.0 Å². The van der Waals surface area contributed by atoms with Gasteiger partial charge in [-0.05, 0) is 56.1 Å². The second-order valence-electron chi connectivity index (χ2n) is 10.4. The predicted octanol–water partition coefficient (Wildman–Crippen LogP) is 4.48. The van der Waals surface area contributed by atoms with Crippen LogP contribution in [-0.2, 0) is 14.1 Å². The number of nitrogens with zero attached hydrogens (tertiary/aromatic N) is 8. The number of nitrogens with one attached hydrogen (secondary N) is 1. The molecule has 5 heterocycles. The Bertz CT molecular complexity index is 1770. The number of halogens is 1. The number of likely N-dealkylation sites (N-methyl/N-ethyl adjacent to an activating group) is 1. The van der Waals surface area contributed by atoms with Crippen molar-refractivity contribution in [1.29, 1.82) is 0 Å². The summed E-state index contributed by atoms with van der Waals surface area (Å²) >= 11 is 6.25. The molecule has 0 bridgehead atoms. The summed E-state index contributed by atoms with van der Waals surface area (Å²) in [7, 11) is 3.66. The van der Waals surface area contributed by atoms with Crippen LogP contribution in [0.3, 0.4) is 0 Å². The first-order valence-corrected chi connectivity index (χ1v) is 13.6. The highest BCUT2D eigenvalue weighted by Gasteiger charge is 2.27. The lowest BCUT2D eigenvalue weighted by Crippen LogP contribution is -2.24. The van der Waals surface area contributed by atoms with E-state index in [0.29, 0.717) is 22.1 Å². The first kappa shape index (κ1) is 25.5. The van der Waals surface area contributed by atoms with Crippen molar-refractivity contribution in [2.45, 2.75) is 39.3 Å². The number of likely N-dealkylation sites (tertiary alicyclic amines) is 1. The van der Waals surface area contributed by atoms with Gasteiger partial charge in [0.05, 0.1) is 17.9 Å². The molecule has 1 fully saturated rings. The number of aromatic nitrogens is 7. The zero-order valence-electron chi connectivity index (χ0n) is 22.8. The molecule has 39 heavy (non-hydrogen) atoms. The van der Waals surface area contributed by atoms with E-state index in [4.69, 9.17) is 16.7 Å². The molecule has 202 valence electrons. The number of hydrogen-bond acceptors (Lipinski definition) is 7. The number of aryl methyl sites for hydroxylation is 3. The maximum Gasteiger partial charge on any atom is 0.259 e. The molecule has 2 unspecified atom stereocenters. The third-order valence-electron chi connectivity index (χ3n) is 7.76. The molecule has 1 aromatic carbocycles. The van der Waals surface area contributed by atoms with E-state index in [1.807, 2.05) is 39.3 Å². The third kappa shape index (κ3) is 4.37. The molecule has 0 amide bonds. The third-order valence-corrected chi connectivity index (χ3v) is 7.97. The lowest BCUT2D eigenvalue weighted by Gasteiger charge is -2.21. The summed E-state index contributed by atoms with van der Waals surface area (Å²) in [6, 6.07) is 7.83. The van der Waals surface area contributed by atoms with Gasteiger partial charge in [0.1, 0.15) is 22.8 Å². The van der Waals surface area contributed by atoms with Gasteiger partial charge in [0, 0.05) is 49.4 Å². The van der Waals surface area contributed by atoms with Crippen molar-refractivity contribution in [3.63, 3.8) is 0 Å². The highest BCUT2D eigenvalue weighted by atomic mass is 35.5. The molecule has 0 spiro atoms. The fraction of sp³-hybridized carbons (Fsp3) is 0.393. The summed E-state index contributed by atoms with van der Waals surface area (Å²) in [5, 5.41) is 15.8. The molecule has 2 atom stereocenters. The second kappa shape index (κ2) is 9.77. The number of fused-ring (bicyclic) bond motifs is 3. The van der Waals surface area contributed by atoms with Gasteiger partial charge in [-0.2, -0.15) is 5.10 Å². The molecule has 4 aromatic heterocycles. The monoisotopic (exact) mass is 545 g/mol. The van der Waals surface area contributed by atoms with Crippen LogP contribution in [0.4, 0.5) is 5.69 Å². The average Bonchev–Trinajstić information content (AvgIpc) is 3.67. The van der Waals surface area contributed by atoms with Crippen LogP contribution in [0.2, 0.25) is 5.15 Å². The number of hydrogen-bond donors (Lipinski definition) is 1. The molecular formula is C28H32ClN9O. The SMILES string of the molecule is CCN1CCC(n2ncc3c4c(C(C)Nc5ccc(Cl)nc5-c5ncn(C)n5)cc(C)cc4c(=O)n(C)c32)C1. The summed E-state index contributed by atoms with van der Waals surface area (Å²) in [5.41, 5.74) is 4.21. The van der Waals surface area contributed by atoms with Crippen LogP contribution in [0.25, 0.3) is 33.3 Å². The molecule has 1 N–H and O–H groups in total. The topological polar surface area (TPSA) is 98.7 Å². The normalized spacial score (nSPS) is 16.9. The van der Waals surface area contributed by atoms with E-state index in [1.165, 1.54) is 0 Å². The quantitative estimate of drug-likeness (QED) is 0.314. The van der Waals surface area contributed by atoms with Gasteiger partial charge in [0.15, 0.2) is 0 Å². The molecule has 1 saturated heterocycles. The molecule has 6 rings (SSSR count). The van der Waals surface area contributed by atoms with Gasteiger partial charge in [-0.15, -0.1) is 5.10 Å². The van der Waals surface area contributed by atoms with Crippen LogP contribution in [0.15, 0.2) is 41.6 Å². The van der Waals surface area contributed by atoms with E-state index in [0.717, 1.165) is 59.3 Å². The zero-order valence-corrected chi connectivity index (χ0v) is 23.6. The van der Waals surface area contributed by atoms with Gasteiger partial charge < -0.3 is 10.2 Å². The van der Waals surface area contributed by atoms with E-state index >= 15 is 0 Å². The Morgan fingerprint density at radius 1 is 1.21 bits per heavy atom. The Labute approximate surface area is 231 Å². The summed E-state index contributed by atoms with van der Waals surface area (Å²) in [5.74, 6) is 0.485. The van der Waals surface area contributed by atoms with Crippen molar-refractivity contribution in [1.82, 2.24) is 39.0 Å². The molecule has 5 aromatic rings. The van der Waals surface area contributed by atoms with Crippen molar-refractivity contribution in [2.24, 2.45) is 14.1 Å². The van der Waals surface area contributed by atoms with Crippen LogP contribution in [0, 0.1) is 6.92 Å². The van der Waals surface area contributed by atoms with Gasteiger partial charge >= 0.3 is 0 Å². The van der Waals surface area contributed by atoms with Crippen molar-refractivity contribution in [2.75, 3.05) is 25.0 Å². The maximum absolute atomic E-state index is 13.7. The highest BCUT2D eigenvalue weighted by Crippen LogP contribution is 2.35. The van der Waals surface area contributed by atoms with Crippen molar-refractivity contribution < 1.29 is 0 Å². The minimum absolute atomic E-state index is 0.0201. The van der Waals surface area contributed by atoms with E-state index in [9.17, 15) is 4.79 Å². The van der Waals surface area contributed by atoms with Crippen LogP contribution in [0.5, 0.6) is 0 Å². The Morgan fingerprint density at radius 2 is 2.03 bits per heavy atom. The van der Waals surface area contributed by atoms with E-state index in [1.54, 1.807) is 21.6 Å². The highest BCUT2D eigenvalue weighted by molar-refractivity contribution is 6.29. The second-order valence-corrected chi connectivity index (χ2v) is 10.8. The van der Waals surface area contributed by atoms with Gasteiger partial charge in [0.2, 0.25) is 5.82 Å². The van der Waals surface area contributed by atoms with Crippen molar-refractivity contribution >= 4 is 39.1 Å². The van der Waals surface area contributed by atoms with Gasteiger partial charge in [-0.1, -0.05) is 24.6 Å². The molecular weight excluding hydrogens is 514 g/mol. The number of benzene rings is 1. The summed E-state index contributed by atoms with van der Waals surface area (Å²) in [6.45, 7) is 9.28. The number of rotatable bonds is 6. The zero-order chi connectivity index (χ0) is 27.4. The van der Waals surface area contributed by atoms with Crippen molar-refractivity contribution in [3.05, 3.63) is 63.4 Å². The lowest BCUT2D eigenvalue weighted by atomic mass is 9.95. The van der Waals surface area contributed by atoms with Crippen LogP contribution in [-0.4, -0.2) is 58.6 Å². The molecule has 1 aliphatic heterocycles. The van der Waals surface area contributed by atoms with Crippen LogP contribution < -0.4 is 10.9 Å². The number of pyridine rings is 2. The molecule has 0 aliphatic carbocycles. The predicted molar refractivity (Wildman–Crippen MR) is 154 cm³/mol. The van der Waals surface area contributed by atoms with Gasteiger partial charge in [-0.25, -0.2) is 14.6 Å². The van der Waals surface area contributed by atoms with Crippen LogP contribution >= 0.6 is 11.6 Å². The average molecular weight is 546 g/mol. The lowest BCUT2D eigenvalue weighted by molar-refractivity contribution is 0.337.